The van der Waals surface area contributed by atoms with E-state index in [1.54, 1.807) is 6.07 Å². The van der Waals surface area contributed by atoms with Crippen LogP contribution in [0.25, 0.3) is 32.2 Å². The van der Waals surface area contributed by atoms with E-state index < -0.39 is 5.82 Å². The zero-order valence-corrected chi connectivity index (χ0v) is 23.2. The lowest BCUT2D eigenvalue weighted by atomic mass is 10.0. The first-order chi connectivity index (χ1) is 19.0. The Morgan fingerprint density at radius 1 is 1.13 bits per heavy atom. The van der Waals surface area contributed by atoms with Crippen molar-refractivity contribution in [1.82, 2.24) is 25.2 Å². The van der Waals surface area contributed by atoms with Crippen molar-refractivity contribution in [2.75, 3.05) is 75.1 Å². The van der Waals surface area contributed by atoms with E-state index in [1.165, 1.54) is 11.3 Å². The zero-order chi connectivity index (χ0) is 26.7. The van der Waals surface area contributed by atoms with E-state index in [9.17, 15) is 0 Å². The highest BCUT2D eigenvalue weighted by atomic mass is 35.5. The molecule has 0 spiro atoms. The molecule has 3 saturated heterocycles. The molecular formula is C27H30ClFN8OS. The molecule has 2 aromatic carbocycles. The van der Waals surface area contributed by atoms with Crippen LogP contribution in [0.5, 0.6) is 0 Å². The third-order valence-electron chi connectivity index (χ3n) is 8.18. The van der Waals surface area contributed by atoms with E-state index in [0.29, 0.717) is 50.2 Å². The second-order valence-electron chi connectivity index (χ2n) is 10.5. The summed E-state index contributed by atoms with van der Waals surface area (Å²) < 4.78 is 23.0. The van der Waals surface area contributed by atoms with Gasteiger partial charge in [0.15, 0.2) is 10.9 Å². The van der Waals surface area contributed by atoms with E-state index in [0.717, 1.165) is 69.4 Å². The van der Waals surface area contributed by atoms with Gasteiger partial charge in [0.25, 0.3) is 0 Å². The Morgan fingerprint density at radius 2 is 1.95 bits per heavy atom. The van der Waals surface area contributed by atoms with Gasteiger partial charge in [-0.2, -0.15) is 4.98 Å². The number of piperazine rings is 1. The first-order valence-corrected chi connectivity index (χ1v) is 14.5. The number of nitrogens with one attached hydrogen (secondary N) is 1. The molecule has 0 bridgehead atoms. The second kappa shape index (κ2) is 9.97. The van der Waals surface area contributed by atoms with Crippen LogP contribution in [0.15, 0.2) is 24.3 Å². The minimum atomic E-state index is -0.464. The number of rotatable bonds is 5. The van der Waals surface area contributed by atoms with Crippen molar-refractivity contribution in [3.63, 3.8) is 0 Å². The van der Waals surface area contributed by atoms with E-state index >= 15 is 4.39 Å². The SMILES string of the molecule is CN(C1CN(c2nc(N3CCNCC3)c3cc(Cl)c(-c4cccc5sc(N)nc45)c(F)c3n2)C1)[C@@H]1CCOC1. The number of aromatic nitrogens is 3. The first-order valence-electron chi connectivity index (χ1n) is 13.3. The van der Waals surface area contributed by atoms with Crippen LogP contribution in [0, 0.1) is 5.82 Å². The lowest BCUT2D eigenvalue weighted by Crippen LogP contribution is -2.61. The van der Waals surface area contributed by atoms with Gasteiger partial charge in [-0.1, -0.05) is 35.1 Å². The minimum Gasteiger partial charge on any atom is -0.380 e. The Bertz CT molecular complexity index is 1550. The standard InChI is InChI=1S/C27H30ClFN8OS/c1-35(15-5-10-38-14-15)16-12-37(13-16)27-33-24-18(25(34-27)36-8-6-31-7-9-36)11-19(28)21(22(24)29)17-3-2-4-20-23(17)32-26(30)39-20/h2-4,11,15-16,31H,5-10,12-14H2,1H3,(H2,30,32)/t15-/m1/s1. The van der Waals surface area contributed by atoms with Crippen molar-refractivity contribution in [2.24, 2.45) is 0 Å². The Hall–Kier alpha value is -2.83. The van der Waals surface area contributed by atoms with Gasteiger partial charge in [0.1, 0.15) is 11.3 Å². The molecule has 3 N–H and O–H groups in total. The molecule has 2 aromatic heterocycles. The zero-order valence-electron chi connectivity index (χ0n) is 21.7. The number of ether oxygens (including phenoxy) is 1. The third-order valence-corrected chi connectivity index (χ3v) is 9.32. The molecule has 7 rings (SSSR count). The molecule has 0 unspecified atom stereocenters. The predicted octanol–water partition coefficient (Wildman–Crippen LogP) is 3.60. The third kappa shape index (κ3) is 4.36. The van der Waals surface area contributed by atoms with Crippen molar-refractivity contribution in [2.45, 2.75) is 18.5 Å². The van der Waals surface area contributed by atoms with Crippen molar-refractivity contribution in [1.29, 1.82) is 0 Å². The summed E-state index contributed by atoms with van der Waals surface area (Å²) in [6.07, 6.45) is 1.05. The van der Waals surface area contributed by atoms with Gasteiger partial charge in [-0.25, -0.2) is 14.4 Å². The lowest BCUT2D eigenvalue weighted by Gasteiger charge is -2.46. The maximum atomic E-state index is 16.6. The molecule has 3 aliphatic heterocycles. The minimum absolute atomic E-state index is 0.272. The largest absolute Gasteiger partial charge is 0.380 e. The molecule has 12 heteroatoms. The molecule has 5 heterocycles. The van der Waals surface area contributed by atoms with Gasteiger partial charge in [-0.15, -0.1) is 0 Å². The quantitative estimate of drug-likeness (QED) is 0.374. The fourth-order valence-electron chi connectivity index (χ4n) is 5.86. The Labute approximate surface area is 234 Å². The lowest BCUT2D eigenvalue weighted by molar-refractivity contribution is 0.118. The van der Waals surface area contributed by atoms with Crippen LogP contribution in [-0.2, 0) is 4.74 Å². The number of likely N-dealkylation sites (N-methyl/N-ethyl adjacent to an activating group) is 1. The summed E-state index contributed by atoms with van der Waals surface area (Å²) >= 11 is 8.18. The number of hydrogen-bond acceptors (Lipinski definition) is 10. The molecule has 204 valence electrons. The van der Waals surface area contributed by atoms with Crippen LogP contribution in [0.1, 0.15) is 6.42 Å². The molecule has 1 atom stereocenters. The number of fused-ring (bicyclic) bond motifs is 2. The van der Waals surface area contributed by atoms with Crippen LogP contribution in [-0.4, -0.2) is 91.5 Å². The number of thiazole rings is 1. The van der Waals surface area contributed by atoms with Gasteiger partial charge in [0, 0.05) is 74.5 Å². The maximum absolute atomic E-state index is 16.6. The Morgan fingerprint density at radius 3 is 2.72 bits per heavy atom. The highest BCUT2D eigenvalue weighted by Gasteiger charge is 2.37. The molecule has 39 heavy (non-hydrogen) atoms. The van der Waals surface area contributed by atoms with Crippen LogP contribution >= 0.6 is 22.9 Å². The number of nitrogens with zero attached hydrogens (tertiary/aromatic N) is 6. The van der Waals surface area contributed by atoms with Gasteiger partial charge in [-0.3, -0.25) is 4.90 Å². The van der Waals surface area contributed by atoms with E-state index in [4.69, 9.17) is 32.0 Å². The maximum Gasteiger partial charge on any atom is 0.228 e. The number of benzene rings is 2. The molecule has 0 amide bonds. The summed E-state index contributed by atoms with van der Waals surface area (Å²) in [5, 5.41) is 4.74. The van der Waals surface area contributed by atoms with Crippen molar-refractivity contribution >= 4 is 61.0 Å². The molecule has 4 aromatic rings. The van der Waals surface area contributed by atoms with Gasteiger partial charge in [-0.05, 0) is 25.6 Å². The summed E-state index contributed by atoms with van der Waals surface area (Å²) in [4.78, 5) is 21.0. The Kier molecular flexibility index (Phi) is 6.43. The Balaban J connectivity index is 1.32. The number of anilines is 3. The highest BCUT2D eigenvalue weighted by Crippen LogP contribution is 2.42. The number of para-hydroxylation sites is 1. The number of nitrogens with two attached hydrogens (primary N) is 1. The summed E-state index contributed by atoms with van der Waals surface area (Å²) in [5.41, 5.74) is 7.80. The van der Waals surface area contributed by atoms with Gasteiger partial charge in [0.2, 0.25) is 5.95 Å². The van der Waals surface area contributed by atoms with Gasteiger partial charge < -0.3 is 25.6 Å². The molecular weight excluding hydrogens is 539 g/mol. The monoisotopic (exact) mass is 568 g/mol. The smallest absolute Gasteiger partial charge is 0.228 e. The summed E-state index contributed by atoms with van der Waals surface area (Å²) in [7, 11) is 2.16. The second-order valence-corrected chi connectivity index (χ2v) is 11.9. The fraction of sp³-hybridized carbons (Fsp3) is 0.444. The van der Waals surface area contributed by atoms with Crippen LogP contribution < -0.4 is 20.9 Å². The average molecular weight is 569 g/mol. The van der Waals surface area contributed by atoms with Crippen LogP contribution in [0.3, 0.4) is 0 Å². The highest BCUT2D eigenvalue weighted by molar-refractivity contribution is 7.22. The summed E-state index contributed by atoms with van der Waals surface area (Å²) in [6.45, 7) is 6.40. The van der Waals surface area contributed by atoms with Crippen LogP contribution in [0.2, 0.25) is 5.02 Å². The summed E-state index contributed by atoms with van der Waals surface area (Å²) in [6, 6.07) is 8.26. The topological polar surface area (TPSA) is 95.7 Å². The van der Waals surface area contributed by atoms with Gasteiger partial charge >= 0.3 is 0 Å². The molecule has 0 aliphatic carbocycles. The number of halogens is 2. The molecule has 9 nitrogen and oxygen atoms in total. The van der Waals surface area contributed by atoms with E-state index in [-0.39, 0.29) is 5.52 Å². The fourth-order valence-corrected chi connectivity index (χ4v) is 6.91. The van der Waals surface area contributed by atoms with Crippen molar-refractivity contribution in [3.8, 4) is 11.1 Å². The molecule has 0 radical (unpaired) electrons. The predicted molar refractivity (Wildman–Crippen MR) is 156 cm³/mol. The van der Waals surface area contributed by atoms with Crippen LogP contribution in [0.4, 0.5) is 21.3 Å². The van der Waals surface area contributed by atoms with E-state index in [2.05, 4.69) is 32.0 Å². The summed E-state index contributed by atoms with van der Waals surface area (Å²) in [5.74, 6) is 0.807. The average Bonchev–Trinajstić information content (AvgIpc) is 3.58. The van der Waals surface area contributed by atoms with Crippen molar-refractivity contribution < 1.29 is 9.13 Å². The molecule has 3 aliphatic rings. The molecule has 0 saturated carbocycles. The van der Waals surface area contributed by atoms with Gasteiger partial charge in [0.05, 0.1) is 21.8 Å². The van der Waals surface area contributed by atoms with Crippen molar-refractivity contribution in [3.05, 3.63) is 35.1 Å². The van der Waals surface area contributed by atoms with E-state index in [1.807, 2.05) is 18.2 Å². The number of nitrogen functional groups attached to an aromatic ring is 1. The first kappa shape index (κ1) is 25.2. The molecule has 3 fully saturated rings. The number of hydrogen-bond donors (Lipinski definition) is 2. The normalized spacial score (nSPS) is 20.5.